The minimum Gasteiger partial charge on any atom is -0.394 e. The predicted octanol–water partition coefficient (Wildman–Crippen LogP) is 3.06. The van der Waals surface area contributed by atoms with Gasteiger partial charge in [-0.05, 0) is 31.4 Å². The summed E-state index contributed by atoms with van der Waals surface area (Å²) in [6.07, 6.45) is 4.01. The summed E-state index contributed by atoms with van der Waals surface area (Å²) < 4.78 is 0. The Morgan fingerprint density at radius 2 is 2.24 bits per heavy atom. The highest BCUT2D eigenvalue weighted by molar-refractivity contribution is 8.00. The third kappa shape index (κ3) is 3.38. The lowest BCUT2D eigenvalue weighted by Crippen LogP contribution is -2.48. The second kappa shape index (κ2) is 5.61. The van der Waals surface area contributed by atoms with Gasteiger partial charge in [-0.3, -0.25) is 0 Å². The SMILES string of the molecule is NC1(CO)CCCC(Sc2ccccc2Cl)C1. The molecule has 2 nitrogen and oxygen atoms in total. The summed E-state index contributed by atoms with van der Waals surface area (Å²) in [4.78, 5) is 1.11. The Labute approximate surface area is 112 Å². The van der Waals surface area contributed by atoms with Crippen molar-refractivity contribution in [1.29, 1.82) is 0 Å². The molecule has 0 aromatic heterocycles. The van der Waals surface area contributed by atoms with Crippen LogP contribution in [0.1, 0.15) is 25.7 Å². The quantitative estimate of drug-likeness (QED) is 0.888. The summed E-state index contributed by atoms with van der Waals surface area (Å²) in [5, 5.41) is 10.6. The fourth-order valence-electron chi connectivity index (χ4n) is 2.30. The summed E-state index contributed by atoms with van der Waals surface area (Å²) in [7, 11) is 0. The standard InChI is InChI=1S/C13H18ClNOS/c14-11-5-1-2-6-12(11)17-10-4-3-7-13(15,8-10)9-16/h1-2,5-6,10,16H,3-4,7-9,15H2. The topological polar surface area (TPSA) is 46.2 Å². The van der Waals surface area contributed by atoms with Crippen molar-refractivity contribution in [1.82, 2.24) is 0 Å². The van der Waals surface area contributed by atoms with Gasteiger partial charge in [0.25, 0.3) is 0 Å². The van der Waals surface area contributed by atoms with Gasteiger partial charge in [0.05, 0.1) is 11.6 Å². The average molecular weight is 272 g/mol. The number of rotatable bonds is 3. The number of nitrogens with two attached hydrogens (primary N) is 1. The van der Waals surface area contributed by atoms with Crippen LogP contribution in [0.2, 0.25) is 5.02 Å². The molecule has 94 valence electrons. The molecule has 1 fully saturated rings. The van der Waals surface area contributed by atoms with E-state index in [-0.39, 0.29) is 6.61 Å². The molecule has 17 heavy (non-hydrogen) atoms. The lowest BCUT2D eigenvalue weighted by Gasteiger charge is -2.36. The summed E-state index contributed by atoms with van der Waals surface area (Å²) in [6.45, 7) is 0.0760. The number of aliphatic hydroxyl groups excluding tert-OH is 1. The van der Waals surface area contributed by atoms with E-state index >= 15 is 0 Å². The molecule has 0 spiro atoms. The van der Waals surface area contributed by atoms with Crippen molar-refractivity contribution in [3.63, 3.8) is 0 Å². The first-order chi connectivity index (χ1) is 8.13. The molecule has 0 heterocycles. The highest BCUT2D eigenvalue weighted by Gasteiger charge is 2.32. The van der Waals surface area contributed by atoms with Crippen LogP contribution in [-0.2, 0) is 0 Å². The maximum atomic E-state index is 9.33. The normalized spacial score (nSPS) is 29.2. The van der Waals surface area contributed by atoms with Crippen LogP contribution in [0.15, 0.2) is 29.2 Å². The zero-order valence-electron chi connectivity index (χ0n) is 9.73. The molecule has 3 N–H and O–H groups in total. The first-order valence-electron chi connectivity index (χ1n) is 5.94. The number of benzene rings is 1. The Kier molecular flexibility index (Phi) is 4.36. The Balaban J connectivity index is 2.02. The number of aliphatic hydroxyl groups is 1. The van der Waals surface area contributed by atoms with Crippen molar-refractivity contribution in [3.05, 3.63) is 29.3 Å². The van der Waals surface area contributed by atoms with Crippen molar-refractivity contribution in [2.45, 2.75) is 41.4 Å². The molecule has 2 unspecified atom stereocenters. The van der Waals surface area contributed by atoms with Crippen LogP contribution in [0.3, 0.4) is 0 Å². The van der Waals surface area contributed by atoms with Gasteiger partial charge in [-0.15, -0.1) is 11.8 Å². The first kappa shape index (κ1) is 13.2. The largest absolute Gasteiger partial charge is 0.394 e. The van der Waals surface area contributed by atoms with E-state index in [0.717, 1.165) is 35.6 Å². The number of hydrogen-bond donors (Lipinski definition) is 2. The number of thioether (sulfide) groups is 1. The van der Waals surface area contributed by atoms with Gasteiger partial charge in [0.1, 0.15) is 0 Å². The third-order valence-corrected chi connectivity index (χ3v) is 5.07. The van der Waals surface area contributed by atoms with E-state index in [1.165, 1.54) is 0 Å². The minimum absolute atomic E-state index is 0.0760. The Morgan fingerprint density at radius 3 is 2.94 bits per heavy atom. The van der Waals surface area contributed by atoms with Crippen LogP contribution in [0.4, 0.5) is 0 Å². The molecule has 0 radical (unpaired) electrons. The van der Waals surface area contributed by atoms with Crippen molar-refractivity contribution < 1.29 is 5.11 Å². The molecule has 0 aliphatic heterocycles. The first-order valence-corrected chi connectivity index (χ1v) is 7.20. The van der Waals surface area contributed by atoms with E-state index < -0.39 is 5.54 Å². The second-order valence-electron chi connectivity index (χ2n) is 4.79. The van der Waals surface area contributed by atoms with Gasteiger partial charge in [0.15, 0.2) is 0 Å². The van der Waals surface area contributed by atoms with E-state index in [2.05, 4.69) is 0 Å². The molecule has 1 aromatic rings. The van der Waals surface area contributed by atoms with Gasteiger partial charge >= 0.3 is 0 Å². The van der Waals surface area contributed by atoms with Crippen molar-refractivity contribution >= 4 is 23.4 Å². The Bertz CT molecular complexity index is 387. The van der Waals surface area contributed by atoms with Crippen LogP contribution >= 0.6 is 23.4 Å². The third-order valence-electron chi connectivity index (χ3n) is 3.28. The van der Waals surface area contributed by atoms with E-state index in [1.54, 1.807) is 11.8 Å². The van der Waals surface area contributed by atoms with Crippen LogP contribution in [0, 0.1) is 0 Å². The summed E-state index contributed by atoms with van der Waals surface area (Å²) >= 11 is 7.93. The lowest BCUT2D eigenvalue weighted by molar-refractivity contribution is 0.159. The maximum absolute atomic E-state index is 9.33. The smallest absolute Gasteiger partial charge is 0.0611 e. The molecule has 0 amide bonds. The van der Waals surface area contributed by atoms with Crippen LogP contribution in [0.25, 0.3) is 0 Å². The lowest BCUT2D eigenvalue weighted by atomic mass is 9.83. The molecule has 2 rings (SSSR count). The van der Waals surface area contributed by atoms with Crippen molar-refractivity contribution in [3.8, 4) is 0 Å². The van der Waals surface area contributed by atoms with E-state index in [0.29, 0.717) is 5.25 Å². The Hall–Kier alpha value is -0.220. The molecule has 1 aromatic carbocycles. The van der Waals surface area contributed by atoms with Crippen LogP contribution < -0.4 is 5.73 Å². The van der Waals surface area contributed by atoms with E-state index in [4.69, 9.17) is 17.3 Å². The molecule has 1 aliphatic carbocycles. The summed E-state index contributed by atoms with van der Waals surface area (Å²) in [5.74, 6) is 0. The van der Waals surface area contributed by atoms with Gasteiger partial charge in [0, 0.05) is 15.7 Å². The van der Waals surface area contributed by atoms with Gasteiger partial charge < -0.3 is 10.8 Å². The number of hydrogen-bond acceptors (Lipinski definition) is 3. The molecular formula is C13H18ClNOS. The second-order valence-corrected chi connectivity index (χ2v) is 6.54. The van der Waals surface area contributed by atoms with Crippen molar-refractivity contribution in [2.24, 2.45) is 5.73 Å². The summed E-state index contributed by atoms with van der Waals surface area (Å²) in [5.41, 5.74) is 5.75. The van der Waals surface area contributed by atoms with Gasteiger partial charge in [-0.25, -0.2) is 0 Å². The minimum atomic E-state index is -0.392. The number of halogens is 1. The van der Waals surface area contributed by atoms with Crippen LogP contribution in [-0.4, -0.2) is 22.5 Å². The summed E-state index contributed by atoms with van der Waals surface area (Å²) in [6, 6.07) is 7.89. The maximum Gasteiger partial charge on any atom is 0.0611 e. The fourth-order valence-corrected chi connectivity index (χ4v) is 3.97. The predicted molar refractivity (Wildman–Crippen MR) is 73.6 cm³/mol. The monoisotopic (exact) mass is 271 g/mol. The molecule has 0 bridgehead atoms. The molecule has 2 atom stereocenters. The van der Waals surface area contributed by atoms with Gasteiger partial charge in [-0.1, -0.05) is 30.2 Å². The van der Waals surface area contributed by atoms with Gasteiger partial charge in [-0.2, -0.15) is 0 Å². The highest BCUT2D eigenvalue weighted by atomic mass is 35.5. The zero-order chi connectivity index (χ0) is 12.3. The van der Waals surface area contributed by atoms with E-state index in [9.17, 15) is 5.11 Å². The van der Waals surface area contributed by atoms with E-state index in [1.807, 2.05) is 24.3 Å². The van der Waals surface area contributed by atoms with Gasteiger partial charge in [0.2, 0.25) is 0 Å². The zero-order valence-corrected chi connectivity index (χ0v) is 11.3. The molecule has 1 saturated carbocycles. The molecule has 0 saturated heterocycles. The van der Waals surface area contributed by atoms with Crippen molar-refractivity contribution in [2.75, 3.05) is 6.61 Å². The Morgan fingerprint density at radius 1 is 1.47 bits per heavy atom. The molecule has 1 aliphatic rings. The molecular weight excluding hydrogens is 254 g/mol. The fraction of sp³-hybridized carbons (Fsp3) is 0.538. The average Bonchev–Trinajstić information content (AvgIpc) is 2.32. The molecule has 4 heteroatoms. The van der Waals surface area contributed by atoms with Crippen LogP contribution in [0.5, 0.6) is 0 Å². The highest BCUT2D eigenvalue weighted by Crippen LogP contribution is 2.39.